The lowest BCUT2D eigenvalue weighted by Crippen LogP contribution is -2.53. The van der Waals surface area contributed by atoms with Gasteiger partial charge in [0.2, 0.25) is 21.8 Å². The number of carbonyl (C=O) groups excluding carboxylic acids is 2. The summed E-state index contributed by atoms with van der Waals surface area (Å²) in [5.41, 5.74) is 0.933. The average molecular weight is 554 g/mol. The van der Waals surface area contributed by atoms with Crippen molar-refractivity contribution in [1.29, 1.82) is 0 Å². The van der Waals surface area contributed by atoms with Gasteiger partial charge in [0.15, 0.2) is 0 Å². The lowest BCUT2D eigenvalue weighted by Gasteiger charge is -2.33. The Bertz CT molecular complexity index is 1170. The Morgan fingerprint density at radius 1 is 1.03 bits per heavy atom. The van der Waals surface area contributed by atoms with Crippen LogP contribution in [-0.4, -0.2) is 64.2 Å². The number of nitrogens with zero attached hydrogens (tertiary/aromatic N) is 2. The molecule has 0 spiro atoms. The molecule has 11 heteroatoms. The van der Waals surface area contributed by atoms with Gasteiger partial charge in [-0.05, 0) is 49.6 Å². The molecular weight excluding hydrogens is 518 g/mol. The molecular formula is C26H36ClN3O6S. The third-order valence-corrected chi connectivity index (χ3v) is 7.37. The lowest BCUT2D eigenvalue weighted by molar-refractivity contribution is -0.140. The number of hydrogen-bond donors (Lipinski definition) is 1. The van der Waals surface area contributed by atoms with Crippen LogP contribution < -0.4 is 19.1 Å². The molecule has 0 unspecified atom stereocenters. The van der Waals surface area contributed by atoms with Crippen LogP contribution in [-0.2, 0) is 26.2 Å². The fourth-order valence-corrected chi connectivity index (χ4v) is 4.71. The number of carbonyl (C=O) groups is 2. The Balaban J connectivity index is 2.50. The van der Waals surface area contributed by atoms with E-state index in [1.54, 1.807) is 30.3 Å². The van der Waals surface area contributed by atoms with Crippen molar-refractivity contribution in [2.75, 3.05) is 31.3 Å². The molecule has 0 heterocycles. The molecule has 9 nitrogen and oxygen atoms in total. The number of rotatable bonds is 13. The first kappa shape index (κ1) is 30.2. The summed E-state index contributed by atoms with van der Waals surface area (Å²) >= 11 is 6.02. The smallest absolute Gasteiger partial charge is 0.244 e. The van der Waals surface area contributed by atoms with Gasteiger partial charge in [-0.2, -0.15) is 0 Å². The molecule has 0 aliphatic rings. The van der Waals surface area contributed by atoms with Gasteiger partial charge in [-0.25, -0.2) is 8.42 Å². The molecule has 37 heavy (non-hydrogen) atoms. The number of anilines is 1. The summed E-state index contributed by atoms with van der Waals surface area (Å²) in [4.78, 5) is 28.4. The molecule has 0 fully saturated rings. The number of ether oxygens (including phenoxy) is 2. The number of halogens is 1. The molecule has 0 aromatic heterocycles. The number of methoxy groups -OCH3 is 2. The monoisotopic (exact) mass is 553 g/mol. The zero-order chi connectivity index (χ0) is 27.8. The van der Waals surface area contributed by atoms with E-state index in [4.69, 9.17) is 21.1 Å². The van der Waals surface area contributed by atoms with Gasteiger partial charge in [0.05, 0.1) is 26.2 Å². The third-order valence-electron chi connectivity index (χ3n) is 5.99. The van der Waals surface area contributed by atoms with Crippen LogP contribution in [0, 0.1) is 0 Å². The maximum Gasteiger partial charge on any atom is 0.244 e. The Hall–Kier alpha value is -2.98. The summed E-state index contributed by atoms with van der Waals surface area (Å²) in [5.74, 6) is -0.141. The van der Waals surface area contributed by atoms with Crippen LogP contribution in [0.5, 0.6) is 11.5 Å². The topological polar surface area (TPSA) is 105 Å². The van der Waals surface area contributed by atoms with Crippen molar-refractivity contribution >= 4 is 39.1 Å². The van der Waals surface area contributed by atoms with E-state index in [1.165, 1.54) is 31.3 Å². The molecule has 2 atom stereocenters. The Morgan fingerprint density at radius 2 is 1.68 bits per heavy atom. The molecule has 0 saturated carbocycles. The first-order valence-corrected chi connectivity index (χ1v) is 14.2. The second-order valence-corrected chi connectivity index (χ2v) is 11.0. The zero-order valence-corrected chi connectivity index (χ0v) is 23.7. The Morgan fingerprint density at radius 3 is 2.19 bits per heavy atom. The van der Waals surface area contributed by atoms with Crippen LogP contribution in [0.15, 0.2) is 42.5 Å². The molecule has 0 aliphatic carbocycles. The average Bonchev–Trinajstić information content (AvgIpc) is 2.86. The van der Waals surface area contributed by atoms with Crippen LogP contribution in [0.4, 0.5) is 5.69 Å². The predicted octanol–water partition coefficient (Wildman–Crippen LogP) is 3.85. The van der Waals surface area contributed by atoms with E-state index in [2.05, 4.69) is 5.32 Å². The largest absolute Gasteiger partial charge is 0.497 e. The number of benzene rings is 2. The van der Waals surface area contributed by atoms with Crippen molar-refractivity contribution < 1.29 is 27.5 Å². The van der Waals surface area contributed by atoms with Gasteiger partial charge in [-0.3, -0.25) is 13.9 Å². The van der Waals surface area contributed by atoms with Gasteiger partial charge in [-0.1, -0.05) is 37.6 Å². The molecule has 2 rings (SSSR count). The van der Waals surface area contributed by atoms with E-state index in [0.717, 1.165) is 22.5 Å². The molecule has 0 aliphatic heterocycles. The van der Waals surface area contributed by atoms with Gasteiger partial charge in [0.25, 0.3) is 0 Å². The van der Waals surface area contributed by atoms with Crippen LogP contribution in [0.1, 0.15) is 39.2 Å². The fourth-order valence-electron chi connectivity index (χ4n) is 3.73. The second-order valence-electron chi connectivity index (χ2n) is 8.70. The van der Waals surface area contributed by atoms with Crippen molar-refractivity contribution in [1.82, 2.24) is 10.2 Å². The number of nitrogens with one attached hydrogen (secondary N) is 1. The third kappa shape index (κ3) is 8.26. The summed E-state index contributed by atoms with van der Waals surface area (Å²) in [6, 6.07) is 10.7. The number of sulfonamides is 1. The predicted molar refractivity (Wildman–Crippen MR) is 146 cm³/mol. The maximum absolute atomic E-state index is 13.8. The molecule has 0 radical (unpaired) electrons. The first-order valence-electron chi connectivity index (χ1n) is 12.0. The normalized spacial score (nSPS) is 12.8. The highest BCUT2D eigenvalue weighted by Crippen LogP contribution is 2.33. The van der Waals surface area contributed by atoms with Gasteiger partial charge < -0.3 is 19.7 Å². The standard InChI is InChI=1S/C26H36ClN3O6S/c1-7-18(3)28-26(32)22(8-2)29(16-19-9-11-20(27)12-10-19)25(31)17-30(37(6,33)34)23-14-13-21(35-4)15-24(23)36-5/h9-15,18,22H,7-8,16-17H2,1-6H3,(H,28,32)/t18-,22+/m0/s1. The quantitative estimate of drug-likeness (QED) is 0.404. The minimum absolute atomic E-state index is 0.0786. The minimum Gasteiger partial charge on any atom is -0.497 e. The van der Waals surface area contributed by atoms with Crippen LogP contribution in [0.25, 0.3) is 0 Å². The van der Waals surface area contributed by atoms with E-state index in [-0.39, 0.29) is 29.9 Å². The molecule has 2 amide bonds. The molecule has 204 valence electrons. The molecule has 0 bridgehead atoms. The summed E-state index contributed by atoms with van der Waals surface area (Å²) < 4.78 is 37.3. The van der Waals surface area contributed by atoms with E-state index in [9.17, 15) is 18.0 Å². The number of amides is 2. The van der Waals surface area contributed by atoms with Crippen molar-refractivity contribution in [2.45, 2.75) is 52.2 Å². The summed E-state index contributed by atoms with van der Waals surface area (Å²) in [6.45, 7) is 5.22. The number of hydrogen-bond acceptors (Lipinski definition) is 6. The van der Waals surface area contributed by atoms with Crippen LogP contribution in [0.2, 0.25) is 5.02 Å². The van der Waals surface area contributed by atoms with Gasteiger partial charge >= 0.3 is 0 Å². The van der Waals surface area contributed by atoms with Crippen LogP contribution in [0.3, 0.4) is 0 Å². The first-order chi connectivity index (χ1) is 17.4. The highest BCUT2D eigenvalue weighted by Gasteiger charge is 2.33. The summed E-state index contributed by atoms with van der Waals surface area (Å²) in [7, 11) is -1.02. The molecule has 0 saturated heterocycles. The SMILES string of the molecule is CC[C@H](C(=O)N[C@@H](C)CC)N(Cc1ccc(Cl)cc1)C(=O)CN(c1ccc(OC)cc1OC)S(C)(=O)=O. The fraction of sp³-hybridized carbons (Fsp3) is 0.462. The van der Waals surface area contributed by atoms with Crippen molar-refractivity contribution in [3.05, 3.63) is 53.1 Å². The highest BCUT2D eigenvalue weighted by molar-refractivity contribution is 7.92. The minimum atomic E-state index is -3.91. The van der Waals surface area contributed by atoms with Crippen molar-refractivity contribution in [3.8, 4) is 11.5 Å². The van der Waals surface area contributed by atoms with Crippen molar-refractivity contribution in [2.24, 2.45) is 0 Å². The Kier molecular flexibility index (Phi) is 11.1. The maximum atomic E-state index is 13.8. The lowest BCUT2D eigenvalue weighted by atomic mass is 10.1. The second kappa shape index (κ2) is 13.5. The zero-order valence-electron chi connectivity index (χ0n) is 22.2. The molecule has 2 aromatic carbocycles. The van der Waals surface area contributed by atoms with Gasteiger partial charge in [0.1, 0.15) is 24.1 Å². The highest BCUT2D eigenvalue weighted by atomic mass is 35.5. The van der Waals surface area contributed by atoms with Crippen LogP contribution >= 0.6 is 11.6 Å². The van der Waals surface area contributed by atoms with E-state index in [1.807, 2.05) is 20.8 Å². The van der Waals surface area contributed by atoms with E-state index < -0.39 is 28.5 Å². The van der Waals surface area contributed by atoms with E-state index >= 15 is 0 Å². The summed E-state index contributed by atoms with van der Waals surface area (Å²) in [5, 5.41) is 3.48. The molecule has 2 aromatic rings. The van der Waals surface area contributed by atoms with E-state index in [0.29, 0.717) is 17.2 Å². The van der Waals surface area contributed by atoms with Gasteiger partial charge in [-0.15, -0.1) is 0 Å². The van der Waals surface area contributed by atoms with Crippen molar-refractivity contribution in [3.63, 3.8) is 0 Å². The summed E-state index contributed by atoms with van der Waals surface area (Å²) in [6.07, 6.45) is 2.08. The van der Waals surface area contributed by atoms with Gasteiger partial charge in [0, 0.05) is 23.7 Å². The Labute approximate surface area is 224 Å². The molecule has 1 N–H and O–H groups in total.